The van der Waals surface area contributed by atoms with E-state index in [4.69, 9.17) is 10.8 Å². The van der Waals surface area contributed by atoms with Crippen LogP contribution in [0.15, 0.2) is 16.8 Å². The van der Waals surface area contributed by atoms with Crippen molar-refractivity contribution < 1.29 is 0 Å². The zero-order chi connectivity index (χ0) is 11.0. The molecule has 16 heavy (non-hydrogen) atoms. The Bertz CT molecular complexity index is 485. The second kappa shape index (κ2) is 4.03. The van der Waals surface area contributed by atoms with E-state index in [2.05, 4.69) is 21.5 Å². The van der Waals surface area contributed by atoms with Crippen molar-refractivity contribution in [3.05, 3.63) is 28.1 Å². The largest absolute Gasteiger partial charge is 0.329 e. The molecule has 4 heteroatoms. The summed E-state index contributed by atoms with van der Waals surface area (Å²) in [6.07, 6.45) is 3.59. The van der Waals surface area contributed by atoms with Crippen LogP contribution in [0, 0.1) is 0 Å². The van der Waals surface area contributed by atoms with Gasteiger partial charge in [-0.15, -0.1) is 0 Å². The van der Waals surface area contributed by atoms with Crippen molar-refractivity contribution in [3.8, 4) is 11.3 Å². The smallest absolute Gasteiger partial charge is 0.0966 e. The highest BCUT2D eigenvalue weighted by atomic mass is 32.1. The number of thiophene rings is 1. The van der Waals surface area contributed by atoms with Crippen molar-refractivity contribution in [2.24, 2.45) is 5.73 Å². The molecule has 0 spiro atoms. The third-order valence-electron chi connectivity index (χ3n) is 3.14. The van der Waals surface area contributed by atoms with Crippen LogP contribution in [0.25, 0.3) is 11.3 Å². The number of rotatable bonds is 3. The van der Waals surface area contributed by atoms with E-state index in [9.17, 15) is 0 Å². The first kappa shape index (κ1) is 10.1. The monoisotopic (exact) mass is 233 g/mol. The van der Waals surface area contributed by atoms with Gasteiger partial charge in [-0.1, -0.05) is 0 Å². The summed E-state index contributed by atoms with van der Waals surface area (Å²) >= 11 is 1.73. The average molecular weight is 233 g/mol. The molecule has 2 aromatic rings. The molecule has 3 nitrogen and oxygen atoms in total. The van der Waals surface area contributed by atoms with E-state index in [-0.39, 0.29) is 0 Å². The maximum absolute atomic E-state index is 5.62. The van der Waals surface area contributed by atoms with E-state index in [0.29, 0.717) is 6.54 Å². The van der Waals surface area contributed by atoms with Crippen LogP contribution in [0.1, 0.15) is 17.7 Å². The highest BCUT2D eigenvalue weighted by molar-refractivity contribution is 7.08. The van der Waals surface area contributed by atoms with Crippen LogP contribution in [0.3, 0.4) is 0 Å². The van der Waals surface area contributed by atoms with Gasteiger partial charge in [0.15, 0.2) is 0 Å². The van der Waals surface area contributed by atoms with Crippen molar-refractivity contribution in [1.29, 1.82) is 0 Å². The lowest BCUT2D eigenvalue weighted by Crippen LogP contribution is -2.13. The molecule has 3 rings (SSSR count). The molecule has 0 saturated carbocycles. The Kier molecular flexibility index (Phi) is 2.53. The lowest BCUT2D eigenvalue weighted by molar-refractivity contribution is 0.596. The Morgan fingerprint density at radius 3 is 3.12 bits per heavy atom. The lowest BCUT2D eigenvalue weighted by atomic mass is 10.1. The molecule has 0 fully saturated rings. The molecule has 2 N–H and O–H groups in total. The highest BCUT2D eigenvalue weighted by Gasteiger charge is 2.22. The number of hydrogen-bond acceptors (Lipinski definition) is 3. The molecule has 2 heterocycles. The SMILES string of the molecule is NCCn1nc(-c2ccsc2)c2c1CCC2. The van der Waals surface area contributed by atoms with E-state index >= 15 is 0 Å². The van der Waals surface area contributed by atoms with Gasteiger partial charge in [-0.25, -0.2) is 0 Å². The van der Waals surface area contributed by atoms with Crippen molar-refractivity contribution in [1.82, 2.24) is 9.78 Å². The van der Waals surface area contributed by atoms with E-state index < -0.39 is 0 Å². The molecule has 1 aliphatic rings. The summed E-state index contributed by atoms with van der Waals surface area (Å²) in [6, 6.07) is 2.15. The molecule has 84 valence electrons. The Balaban J connectivity index is 2.09. The van der Waals surface area contributed by atoms with Crippen LogP contribution >= 0.6 is 11.3 Å². The van der Waals surface area contributed by atoms with Crippen molar-refractivity contribution >= 4 is 11.3 Å². The molecular formula is C12H15N3S. The molecule has 0 unspecified atom stereocenters. The van der Waals surface area contributed by atoms with Gasteiger partial charge in [-0.05, 0) is 30.7 Å². The van der Waals surface area contributed by atoms with Gasteiger partial charge >= 0.3 is 0 Å². The Morgan fingerprint density at radius 2 is 2.38 bits per heavy atom. The van der Waals surface area contributed by atoms with E-state index in [1.54, 1.807) is 11.3 Å². The van der Waals surface area contributed by atoms with Crippen molar-refractivity contribution in [2.45, 2.75) is 25.8 Å². The van der Waals surface area contributed by atoms with Crippen LogP contribution < -0.4 is 5.73 Å². The Hall–Kier alpha value is -1.13. The van der Waals surface area contributed by atoms with Gasteiger partial charge < -0.3 is 5.73 Å². The maximum Gasteiger partial charge on any atom is 0.0966 e. The minimum absolute atomic E-state index is 0.664. The fourth-order valence-electron chi connectivity index (χ4n) is 2.45. The maximum atomic E-state index is 5.62. The normalized spacial score (nSPS) is 14.3. The van der Waals surface area contributed by atoms with Crippen LogP contribution in [0.5, 0.6) is 0 Å². The molecule has 1 aliphatic carbocycles. The molecule has 0 bridgehead atoms. The van der Waals surface area contributed by atoms with E-state index in [1.165, 1.54) is 35.4 Å². The van der Waals surface area contributed by atoms with Gasteiger partial charge in [-0.3, -0.25) is 4.68 Å². The summed E-state index contributed by atoms with van der Waals surface area (Å²) in [5, 5.41) is 8.99. The number of nitrogens with two attached hydrogens (primary N) is 1. The topological polar surface area (TPSA) is 43.8 Å². The molecular weight excluding hydrogens is 218 g/mol. The summed E-state index contributed by atoms with van der Waals surface area (Å²) in [7, 11) is 0. The first-order valence-electron chi connectivity index (χ1n) is 5.71. The summed E-state index contributed by atoms with van der Waals surface area (Å²) in [5.74, 6) is 0. The predicted molar refractivity (Wildman–Crippen MR) is 66.6 cm³/mol. The fraction of sp³-hybridized carbons (Fsp3) is 0.417. The van der Waals surface area contributed by atoms with Crippen LogP contribution in [0.4, 0.5) is 0 Å². The summed E-state index contributed by atoms with van der Waals surface area (Å²) < 4.78 is 2.11. The molecule has 2 aromatic heterocycles. The molecule has 0 aromatic carbocycles. The second-order valence-corrected chi connectivity index (χ2v) is 4.93. The number of nitrogens with zero attached hydrogens (tertiary/aromatic N) is 2. The third kappa shape index (κ3) is 1.49. The summed E-state index contributed by atoms with van der Waals surface area (Å²) in [5.41, 5.74) is 10.9. The van der Waals surface area contributed by atoms with Gasteiger partial charge in [0.25, 0.3) is 0 Å². The molecule has 0 amide bonds. The second-order valence-electron chi connectivity index (χ2n) is 4.15. The quantitative estimate of drug-likeness (QED) is 0.882. The van der Waals surface area contributed by atoms with Crippen LogP contribution in [-0.4, -0.2) is 16.3 Å². The zero-order valence-corrected chi connectivity index (χ0v) is 9.96. The summed E-state index contributed by atoms with van der Waals surface area (Å²) in [4.78, 5) is 0. The van der Waals surface area contributed by atoms with Crippen LogP contribution in [-0.2, 0) is 19.4 Å². The Labute approximate surface area is 98.9 Å². The number of aromatic nitrogens is 2. The highest BCUT2D eigenvalue weighted by Crippen LogP contribution is 2.32. The average Bonchev–Trinajstić information content (AvgIpc) is 2.94. The molecule has 0 saturated heterocycles. The first-order valence-corrected chi connectivity index (χ1v) is 6.65. The Morgan fingerprint density at radius 1 is 1.44 bits per heavy atom. The van der Waals surface area contributed by atoms with E-state index in [1.807, 2.05) is 0 Å². The molecule has 0 radical (unpaired) electrons. The van der Waals surface area contributed by atoms with Crippen LogP contribution in [0.2, 0.25) is 0 Å². The number of hydrogen-bond donors (Lipinski definition) is 1. The van der Waals surface area contributed by atoms with Gasteiger partial charge in [0.1, 0.15) is 0 Å². The zero-order valence-electron chi connectivity index (χ0n) is 9.15. The van der Waals surface area contributed by atoms with Crippen molar-refractivity contribution in [2.75, 3.05) is 6.54 Å². The molecule has 0 aliphatic heterocycles. The minimum Gasteiger partial charge on any atom is -0.329 e. The summed E-state index contributed by atoms with van der Waals surface area (Å²) in [6.45, 7) is 1.50. The predicted octanol–water partition coefficient (Wildman–Crippen LogP) is 2.06. The molecule has 0 atom stereocenters. The van der Waals surface area contributed by atoms with E-state index in [0.717, 1.165) is 13.0 Å². The van der Waals surface area contributed by atoms with Gasteiger partial charge in [-0.2, -0.15) is 16.4 Å². The fourth-order valence-corrected chi connectivity index (χ4v) is 3.09. The lowest BCUT2D eigenvalue weighted by Gasteiger charge is -2.01. The van der Waals surface area contributed by atoms with Crippen molar-refractivity contribution in [3.63, 3.8) is 0 Å². The number of fused-ring (bicyclic) bond motifs is 1. The first-order chi connectivity index (χ1) is 7.90. The minimum atomic E-state index is 0.664. The van der Waals surface area contributed by atoms with Gasteiger partial charge in [0.2, 0.25) is 0 Å². The van der Waals surface area contributed by atoms with Gasteiger partial charge in [0, 0.05) is 28.7 Å². The van der Waals surface area contributed by atoms with Gasteiger partial charge in [0.05, 0.1) is 12.2 Å². The third-order valence-corrected chi connectivity index (χ3v) is 3.83. The standard InChI is InChI=1S/C12H15N3S/c13-5-6-15-11-3-1-2-10(11)12(14-15)9-4-7-16-8-9/h4,7-8H,1-3,5-6,13H2.